The highest BCUT2D eigenvalue weighted by molar-refractivity contribution is 6.32. The molecule has 3 aromatic rings. The fourth-order valence-electron chi connectivity index (χ4n) is 2.63. The van der Waals surface area contributed by atoms with Crippen molar-refractivity contribution in [3.8, 4) is 5.69 Å². The second-order valence-corrected chi connectivity index (χ2v) is 6.48. The van der Waals surface area contributed by atoms with Crippen molar-refractivity contribution in [2.45, 2.75) is 25.3 Å². The van der Waals surface area contributed by atoms with Crippen LogP contribution in [0, 0.1) is 0 Å². The summed E-state index contributed by atoms with van der Waals surface area (Å²) in [5, 5.41) is 7.80. The fourth-order valence-corrected chi connectivity index (χ4v) is 2.85. The lowest BCUT2D eigenvalue weighted by atomic mass is 10.3. The number of nitrogens with one attached hydrogen (secondary N) is 1. The van der Waals surface area contributed by atoms with Gasteiger partial charge in [-0.1, -0.05) is 23.7 Å². The first-order valence-electron chi connectivity index (χ1n) is 8.09. The summed E-state index contributed by atoms with van der Waals surface area (Å²) in [5.41, 5.74) is 0.738. The molecule has 0 aliphatic heterocycles. The Morgan fingerprint density at radius 1 is 1.36 bits per heavy atom. The molecule has 7 nitrogen and oxygen atoms in total. The van der Waals surface area contributed by atoms with Crippen LogP contribution in [0.2, 0.25) is 5.02 Å². The summed E-state index contributed by atoms with van der Waals surface area (Å²) >= 11 is 6.29. The summed E-state index contributed by atoms with van der Waals surface area (Å²) in [6.07, 6.45) is 5.63. The standard InChI is InChI=1S/C17H17ClN6O/c1-23-9-8-19-14(23)10-20-17(25)15-21-16(11-6-7-11)24(22-15)13-5-3-2-4-12(13)18/h2-5,8-9,11H,6-7,10H2,1H3,(H,20,25). The van der Waals surface area contributed by atoms with E-state index in [2.05, 4.69) is 20.4 Å². The molecule has 1 aromatic carbocycles. The molecular weight excluding hydrogens is 340 g/mol. The third-order valence-corrected chi connectivity index (χ3v) is 4.51. The van der Waals surface area contributed by atoms with E-state index in [1.807, 2.05) is 36.0 Å². The number of hydrogen-bond acceptors (Lipinski definition) is 4. The number of aromatic nitrogens is 5. The quantitative estimate of drug-likeness (QED) is 0.761. The van der Waals surface area contributed by atoms with Gasteiger partial charge in [0.05, 0.1) is 17.3 Å². The Balaban J connectivity index is 1.60. The van der Waals surface area contributed by atoms with Crippen LogP contribution in [0.4, 0.5) is 0 Å². The van der Waals surface area contributed by atoms with Crippen molar-refractivity contribution in [2.75, 3.05) is 0 Å². The molecule has 2 heterocycles. The van der Waals surface area contributed by atoms with Crippen LogP contribution in [0.5, 0.6) is 0 Å². The maximum Gasteiger partial charge on any atom is 0.291 e. The fraction of sp³-hybridized carbons (Fsp3) is 0.294. The summed E-state index contributed by atoms with van der Waals surface area (Å²) in [6.45, 7) is 0.321. The Bertz CT molecular complexity index is 927. The summed E-state index contributed by atoms with van der Waals surface area (Å²) < 4.78 is 3.54. The zero-order valence-electron chi connectivity index (χ0n) is 13.7. The van der Waals surface area contributed by atoms with E-state index in [9.17, 15) is 4.79 Å². The molecule has 128 valence electrons. The number of halogens is 1. The van der Waals surface area contributed by atoms with Crippen molar-refractivity contribution in [3.05, 3.63) is 59.2 Å². The molecule has 1 N–H and O–H groups in total. The van der Waals surface area contributed by atoms with Crippen LogP contribution in [-0.2, 0) is 13.6 Å². The lowest BCUT2D eigenvalue weighted by Crippen LogP contribution is -2.25. The number of rotatable bonds is 5. The van der Waals surface area contributed by atoms with Gasteiger partial charge in [0.1, 0.15) is 11.6 Å². The monoisotopic (exact) mass is 356 g/mol. The van der Waals surface area contributed by atoms with Gasteiger partial charge in [-0.05, 0) is 25.0 Å². The number of carbonyl (C=O) groups excluding carboxylic acids is 1. The Kier molecular flexibility index (Phi) is 4.01. The molecule has 1 amide bonds. The molecule has 0 radical (unpaired) electrons. The van der Waals surface area contributed by atoms with Crippen molar-refractivity contribution >= 4 is 17.5 Å². The van der Waals surface area contributed by atoms with E-state index < -0.39 is 0 Å². The Morgan fingerprint density at radius 2 is 2.16 bits per heavy atom. The van der Waals surface area contributed by atoms with Gasteiger partial charge in [0, 0.05) is 25.4 Å². The number of aryl methyl sites for hydroxylation is 1. The Morgan fingerprint density at radius 3 is 2.84 bits per heavy atom. The molecular formula is C17H17ClN6O. The van der Waals surface area contributed by atoms with Crippen LogP contribution >= 0.6 is 11.6 Å². The number of para-hydroxylation sites is 1. The first-order valence-corrected chi connectivity index (χ1v) is 8.47. The third kappa shape index (κ3) is 3.15. The van der Waals surface area contributed by atoms with Crippen LogP contribution in [0.25, 0.3) is 5.69 Å². The number of imidazole rings is 1. The van der Waals surface area contributed by atoms with E-state index in [-0.39, 0.29) is 11.7 Å². The van der Waals surface area contributed by atoms with Gasteiger partial charge in [0.25, 0.3) is 5.91 Å². The van der Waals surface area contributed by atoms with Gasteiger partial charge in [0.2, 0.25) is 5.82 Å². The SMILES string of the molecule is Cn1ccnc1CNC(=O)c1nc(C2CC2)n(-c2ccccc2Cl)n1. The molecule has 0 atom stereocenters. The first-order chi connectivity index (χ1) is 12.1. The number of benzene rings is 1. The second kappa shape index (κ2) is 6.33. The van der Waals surface area contributed by atoms with E-state index in [0.29, 0.717) is 17.5 Å². The smallest absolute Gasteiger partial charge is 0.291 e. The van der Waals surface area contributed by atoms with E-state index in [1.54, 1.807) is 16.9 Å². The van der Waals surface area contributed by atoms with Crippen LogP contribution < -0.4 is 5.32 Å². The molecule has 8 heteroatoms. The summed E-state index contributed by atoms with van der Waals surface area (Å²) in [4.78, 5) is 21.1. The highest BCUT2D eigenvalue weighted by atomic mass is 35.5. The number of hydrogen-bond donors (Lipinski definition) is 1. The zero-order chi connectivity index (χ0) is 17.4. The van der Waals surface area contributed by atoms with Crippen LogP contribution in [0.15, 0.2) is 36.7 Å². The van der Waals surface area contributed by atoms with Gasteiger partial charge in [-0.3, -0.25) is 4.79 Å². The van der Waals surface area contributed by atoms with E-state index in [4.69, 9.17) is 11.6 Å². The normalized spacial score (nSPS) is 13.8. The van der Waals surface area contributed by atoms with E-state index in [0.717, 1.165) is 30.2 Å². The summed E-state index contributed by atoms with van der Waals surface area (Å²) in [6, 6.07) is 7.43. The number of nitrogens with zero attached hydrogens (tertiary/aromatic N) is 5. The molecule has 1 aliphatic rings. The average molecular weight is 357 g/mol. The molecule has 2 aromatic heterocycles. The number of carbonyl (C=O) groups is 1. The van der Waals surface area contributed by atoms with Crippen molar-refractivity contribution < 1.29 is 4.79 Å². The molecule has 4 rings (SSSR count). The highest BCUT2D eigenvalue weighted by Gasteiger charge is 2.32. The molecule has 1 aliphatic carbocycles. The first kappa shape index (κ1) is 15.8. The molecule has 0 bridgehead atoms. The maximum absolute atomic E-state index is 12.5. The highest BCUT2D eigenvalue weighted by Crippen LogP contribution is 2.40. The second-order valence-electron chi connectivity index (χ2n) is 6.07. The maximum atomic E-state index is 12.5. The van der Waals surface area contributed by atoms with Crippen molar-refractivity contribution in [3.63, 3.8) is 0 Å². The van der Waals surface area contributed by atoms with Crippen molar-refractivity contribution in [2.24, 2.45) is 7.05 Å². The third-order valence-electron chi connectivity index (χ3n) is 4.19. The van der Waals surface area contributed by atoms with Gasteiger partial charge < -0.3 is 9.88 Å². The van der Waals surface area contributed by atoms with Crippen LogP contribution in [0.3, 0.4) is 0 Å². The van der Waals surface area contributed by atoms with E-state index >= 15 is 0 Å². The van der Waals surface area contributed by atoms with Gasteiger partial charge in [0.15, 0.2) is 0 Å². The van der Waals surface area contributed by atoms with E-state index in [1.165, 1.54) is 0 Å². The molecule has 1 fully saturated rings. The zero-order valence-corrected chi connectivity index (χ0v) is 14.4. The number of amides is 1. The minimum atomic E-state index is -0.323. The average Bonchev–Trinajstić information content (AvgIpc) is 3.23. The lowest BCUT2D eigenvalue weighted by Gasteiger charge is -2.06. The molecule has 0 unspecified atom stereocenters. The topological polar surface area (TPSA) is 77.6 Å². The molecule has 0 spiro atoms. The van der Waals surface area contributed by atoms with Gasteiger partial charge >= 0.3 is 0 Å². The minimum Gasteiger partial charge on any atom is -0.342 e. The van der Waals surface area contributed by atoms with Gasteiger partial charge in [-0.25, -0.2) is 14.6 Å². The molecule has 25 heavy (non-hydrogen) atoms. The predicted molar refractivity (Wildman–Crippen MR) is 92.7 cm³/mol. The Hall–Kier alpha value is -2.67. The van der Waals surface area contributed by atoms with Crippen molar-refractivity contribution in [1.29, 1.82) is 0 Å². The van der Waals surface area contributed by atoms with Crippen molar-refractivity contribution in [1.82, 2.24) is 29.6 Å². The van der Waals surface area contributed by atoms with Crippen LogP contribution in [0.1, 0.15) is 41.0 Å². The van der Waals surface area contributed by atoms with Crippen LogP contribution in [-0.4, -0.2) is 30.2 Å². The molecule has 0 saturated heterocycles. The molecule has 1 saturated carbocycles. The van der Waals surface area contributed by atoms with Gasteiger partial charge in [-0.15, -0.1) is 5.10 Å². The largest absolute Gasteiger partial charge is 0.342 e. The summed E-state index contributed by atoms with van der Waals surface area (Å²) in [5.74, 6) is 1.71. The predicted octanol–water partition coefficient (Wildman–Crippen LogP) is 2.46. The minimum absolute atomic E-state index is 0.149. The van der Waals surface area contributed by atoms with Gasteiger partial charge in [-0.2, -0.15) is 0 Å². The Labute approximate surface area is 149 Å². The summed E-state index contributed by atoms with van der Waals surface area (Å²) in [7, 11) is 1.88. The lowest BCUT2D eigenvalue weighted by molar-refractivity contribution is 0.0939.